The largest absolute Gasteiger partial charge is 0.360 e. The molecule has 2 heterocycles. The third kappa shape index (κ3) is 3.81. The number of aryl methyl sites for hydroxylation is 1. The van der Waals surface area contributed by atoms with Gasteiger partial charge >= 0.3 is 0 Å². The van der Waals surface area contributed by atoms with E-state index in [-0.39, 0.29) is 6.54 Å². The van der Waals surface area contributed by atoms with Crippen molar-refractivity contribution in [1.29, 1.82) is 0 Å². The summed E-state index contributed by atoms with van der Waals surface area (Å²) in [7, 11) is 0. The van der Waals surface area contributed by atoms with Crippen molar-refractivity contribution in [2.75, 3.05) is 0 Å². The third-order valence-electron chi connectivity index (χ3n) is 4.49. The number of carbonyl (C=O) groups is 2. The molecule has 9 heteroatoms. The minimum Gasteiger partial charge on any atom is -0.360 e. The van der Waals surface area contributed by atoms with Crippen LogP contribution in [0.3, 0.4) is 0 Å². The van der Waals surface area contributed by atoms with Gasteiger partial charge in [0.05, 0.1) is 5.56 Å². The van der Waals surface area contributed by atoms with Crippen LogP contribution in [0.25, 0.3) is 22.3 Å². The highest BCUT2D eigenvalue weighted by Gasteiger charge is 2.15. The van der Waals surface area contributed by atoms with Crippen molar-refractivity contribution in [1.82, 2.24) is 30.6 Å². The van der Waals surface area contributed by atoms with Gasteiger partial charge in [0, 0.05) is 22.7 Å². The number of benzene rings is 2. The number of para-hydroxylation sites is 1. The maximum absolute atomic E-state index is 12.4. The summed E-state index contributed by atoms with van der Waals surface area (Å²) in [6, 6.07) is 15.2. The molecule has 0 aliphatic rings. The highest BCUT2D eigenvalue weighted by Crippen LogP contribution is 2.19. The lowest BCUT2D eigenvalue weighted by Crippen LogP contribution is -2.43. The summed E-state index contributed by atoms with van der Waals surface area (Å²) < 4.78 is 1.90. The predicted octanol–water partition coefficient (Wildman–Crippen LogP) is 2.86. The van der Waals surface area contributed by atoms with E-state index in [0.717, 1.165) is 22.0 Å². The topological polar surface area (TPSA) is 108 Å². The zero-order valence-corrected chi connectivity index (χ0v) is 16.3. The first-order chi connectivity index (χ1) is 14.0. The molecule has 2 aromatic heterocycles. The molecule has 0 unspecified atom stereocenters. The van der Waals surface area contributed by atoms with Gasteiger partial charge in [0.25, 0.3) is 11.8 Å². The smallest absolute Gasteiger partial charge is 0.271 e. The molecule has 146 valence electrons. The van der Waals surface area contributed by atoms with Crippen LogP contribution >= 0.6 is 12.2 Å². The molecule has 0 aliphatic carbocycles. The van der Waals surface area contributed by atoms with Gasteiger partial charge in [0.15, 0.2) is 10.6 Å². The minimum absolute atomic E-state index is 0.0905. The Morgan fingerprint density at radius 3 is 2.79 bits per heavy atom. The summed E-state index contributed by atoms with van der Waals surface area (Å²) in [4.78, 5) is 27.9. The average Bonchev–Trinajstić information content (AvgIpc) is 3.30. The number of hydrogen-bond acceptors (Lipinski definition) is 4. The molecular formula is C20H18N6O2S. The standard InChI is InChI=1S/C20H18N6O2S/c1-12-5-4-6-13(9-12)18-23-25-20(29)26(18)11-17(27)22-24-19(28)15-10-21-16-8-3-2-7-14(15)16/h2-10,21H,11H2,1H3,(H,22,27)(H,24,28)(H,25,29). The highest BCUT2D eigenvalue weighted by atomic mass is 32.1. The first kappa shape index (κ1) is 18.6. The quantitative estimate of drug-likeness (QED) is 0.309. The van der Waals surface area contributed by atoms with E-state index in [4.69, 9.17) is 12.2 Å². The summed E-state index contributed by atoms with van der Waals surface area (Å²) in [5.74, 6) is -0.285. The van der Waals surface area contributed by atoms with Crippen LogP contribution in [0.5, 0.6) is 0 Å². The third-order valence-corrected chi connectivity index (χ3v) is 4.80. The van der Waals surface area contributed by atoms with Crippen LogP contribution in [0.15, 0.2) is 54.7 Å². The molecule has 2 aromatic carbocycles. The maximum Gasteiger partial charge on any atom is 0.271 e. The fourth-order valence-electron chi connectivity index (χ4n) is 3.11. The summed E-state index contributed by atoms with van der Waals surface area (Å²) >= 11 is 5.25. The monoisotopic (exact) mass is 406 g/mol. The molecule has 4 rings (SSSR count). The summed E-state index contributed by atoms with van der Waals surface area (Å²) in [6.07, 6.45) is 1.61. The van der Waals surface area contributed by atoms with Crippen LogP contribution in [0.2, 0.25) is 0 Å². The van der Waals surface area contributed by atoms with Crippen LogP contribution in [0, 0.1) is 11.7 Å². The Morgan fingerprint density at radius 2 is 1.97 bits per heavy atom. The van der Waals surface area contributed by atoms with Crippen LogP contribution in [-0.4, -0.2) is 31.6 Å². The van der Waals surface area contributed by atoms with E-state index in [1.807, 2.05) is 55.5 Å². The van der Waals surface area contributed by atoms with E-state index in [1.165, 1.54) is 0 Å². The molecule has 0 radical (unpaired) electrons. The van der Waals surface area contributed by atoms with Gasteiger partial charge in [-0.2, -0.15) is 5.10 Å². The lowest BCUT2D eigenvalue weighted by Gasteiger charge is -2.09. The number of hydrogen-bond donors (Lipinski definition) is 4. The molecule has 0 saturated carbocycles. The number of H-pyrrole nitrogens is 2. The molecule has 0 atom stereocenters. The molecular weight excluding hydrogens is 388 g/mol. The Morgan fingerprint density at radius 1 is 1.14 bits per heavy atom. The molecule has 8 nitrogen and oxygen atoms in total. The molecule has 0 aliphatic heterocycles. The fourth-order valence-corrected chi connectivity index (χ4v) is 3.30. The zero-order chi connectivity index (χ0) is 20.4. The molecule has 0 fully saturated rings. The number of carbonyl (C=O) groups excluding carboxylic acids is 2. The van der Waals surface area contributed by atoms with E-state index in [0.29, 0.717) is 16.2 Å². The zero-order valence-electron chi connectivity index (χ0n) is 15.5. The molecule has 0 saturated heterocycles. The van der Waals surface area contributed by atoms with Crippen molar-refractivity contribution in [2.45, 2.75) is 13.5 Å². The second-order valence-corrected chi connectivity index (χ2v) is 6.94. The molecule has 0 bridgehead atoms. The first-order valence-corrected chi connectivity index (χ1v) is 9.31. The average molecular weight is 406 g/mol. The maximum atomic E-state index is 12.4. The van der Waals surface area contributed by atoms with Gasteiger partial charge in [-0.05, 0) is 31.3 Å². The molecule has 29 heavy (non-hydrogen) atoms. The SMILES string of the molecule is Cc1cccc(-c2n[nH]c(=S)n2CC(=O)NNC(=O)c2c[nH]c3ccccc23)c1. The Balaban J connectivity index is 1.46. The van der Waals surface area contributed by atoms with Crippen molar-refractivity contribution in [3.05, 3.63) is 70.6 Å². The second-order valence-electron chi connectivity index (χ2n) is 6.56. The van der Waals surface area contributed by atoms with Crippen LogP contribution in [0.1, 0.15) is 15.9 Å². The van der Waals surface area contributed by atoms with E-state index in [9.17, 15) is 9.59 Å². The molecule has 2 amide bonds. The van der Waals surface area contributed by atoms with E-state index in [2.05, 4.69) is 26.0 Å². The van der Waals surface area contributed by atoms with Crippen LogP contribution < -0.4 is 10.9 Å². The number of aromatic amines is 2. The highest BCUT2D eigenvalue weighted by molar-refractivity contribution is 7.71. The van der Waals surface area contributed by atoms with Crippen molar-refractivity contribution < 1.29 is 9.59 Å². The number of fused-ring (bicyclic) bond motifs is 1. The van der Waals surface area contributed by atoms with Crippen molar-refractivity contribution in [3.8, 4) is 11.4 Å². The molecule has 4 N–H and O–H groups in total. The Labute approximate surface area is 170 Å². The van der Waals surface area contributed by atoms with Crippen molar-refractivity contribution >= 4 is 34.9 Å². The predicted molar refractivity (Wildman–Crippen MR) is 111 cm³/mol. The summed E-state index contributed by atoms with van der Waals surface area (Å²) in [5, 5.41) is 7.71. The first-order valence-electron chi connectivity index (χ1n) is 8.90. The number of nitrogens with zero attached hydrogens (tertiary/aromatic N) is 2. The molecule has 4 aromatic rings. The Hall–Kier alpha value is -3.72. The lowest BCUT2D eigenvalue weighted by atomic mass is 10.1. The number of rotatable bonds is 4. The number of nitrogens with one attached hydrogen (secondary N) is 4. The van der Waals surface area contributed by atoms with Crippen molar-refractivity contribution in [3.63, 3.8) is 0 Å². The second kappa shape index (κ2) is 7.72. The van der Waals surface area contributed by atoms with Gasteiger partial charge in [-0.15, -0.1) is 0 Å². The normalized spacial score (nSPS) is 10.8. The van der Waals surface area contributed by atoms with Crippen molar-refractivity contribution in [2.24, 2.45) is 0 Å². The van der Waals surface area contributed by atoms with E-state index in [1.54, 1.807) is 10.8 Å². The van der Waals surface area contributed by atoms with Crippen LogP contribution in [0.4, 0.5) is 0 Å². The number of amides is 2. The summed E-state index contributed by atoms with van der Waals surface area (Å²) in [6.45, 7) is 1.88. The van der Waals surface area contributed by atoms with Gasteiger partial charge < -0.3 is 4.98 Å². The van der Waals surface area contributed by atoms with Gasteiger partial charge in [0.1, 0.15) is 6.54 Å². The van der Waals surface area contributed by atoms with E-state index < -0.39 is 11.8 Å². The van der Waals surface area contributed by atoms with Gasteiger partial charge in [-0.1, -0.05) is 42.0 Å². The Bertz CT molecular complexity index is 1270. The van der Waals surface area contributed by atoms with Gasteiger partial charge in [-0.3, -0.25) is 30.1 Å². The summed E-state index contributed by atoms with van der Waals surface area (Å²) in [5.41, 5.74) is 8.07. The van der Waals surface area contributed by atoms with E-state index >= 15 is 0 Å². The van der Waals surface area contributed by atoms with Gasteiger partial charge in [0.2, 0.25) is 0 Å². The number of aromatic nitrogens is 4. The van der Waals surface area contributed by atoms with Gasteiger partial charge in [-0.25, -0.2) is 0 Å². The lowest BCUT2D eigenvalue weighted by molar-refractivity contribution is -0.122. The minimum atomic E-state index is -0.426. The Kier molecular flexibility index (Phi) is 4.96. The molecule has 0 spiro atoms. The van der Waals surface area contributed by atoms with Crippen LogP contribution in [-0.2, 0) is 11.3 Å². The fraction of sp³-hybridized carbons (Fsp3) is 0.100. The number of hydrazine groups is 1.